The van der Waals surface area contributed by atoms with Crippen molar-refractivity contribution in [3.05, 3.63) is 39.9 Å². The summed E-state index contributed by atoms with van der Waals surface area (Å²) in [6.07, 6.45) is 0.165. The summed E-state index contributed by atoms with van der Waals surface area (Å²) < 4.78 is 27.7. The van der Waals surface area contributed by atoms with Gasteiger partial charge in [-0.15, -0.1) is 23.7 Å². The fourth-order valence-electron chi connectivity index (χ4n) is 2.81. The first kappa shape index (κ1) is 22.9. The van der Waals surface area contributed by atoms with Crippen molar-refractivity contribution in [2.45, 2.75) is 18.2 Å². The number of hydrogen-bond acceptors (Lipinski definition) is 6. The molecule has 3 rings (SSSR count). The summed E-state index contributed by atoms with van der Waals surface area (Å²) in [4.78, 5) is 20.8. The van der Waals surface area contributed by atoms with E-state index in [-0.39, 0.29) is 34.8 Å². The molecule has 7 nitrogen and oxygen atoms in total. The van der Waals surface area contributed by atoms with Crippen LogP contribution in [0.25, 0.3) is 0 Å². The Kier molecular flexibility index (Phi) is 7.69. The summed E-state index contributed by atoms with van der Waals surface area (Å²) in [7, 11) is -1.77. The SMILES string of the molecule is Cc1c(Cl)cccc1S(=O)(=O)Nc1nc(CC(=O)N2CCN(C)CC2)cs1.Cl. The Hall–Kier alpha value is -1.39. The van der Waals surface area contributed by atoms with Gasteiger partial charge in [-0.1, -0.05) is 17.7 Å². The topological polar surface area (TPSA) is 82.6 Å². The minimum Gasteiger partial charge on any atom is -0.340 e. The van der Waals surface area contributed by atoms with Crippen LogP contribution in [0.3, 0.4) is 0 Å². The lowest BCUT2D eigenvalue weighted by Gasteiger charge is -2.32. The zero-order valence-corrected chi connectivity index (χ0v) is 18.7. The van der Waals surface area contributed by atoms with Crippen molar-refractivity contribution in [1.29, 1.82) is 0 Å². The molecular formula is C17H22Cl2N4O3S2. The molecule has 28 heavy (non-hydrogen) atoms. The predicted molar refractivity (Wildman–Crippen MR) is 114 cm³/mol. The third-order valence-corrected chi connectivity index (χ3v) is 7.30. The molecule has 1 aliphatic rings. The average molecular weight is 465 g/mol. The summed E-state index contributed by atoms with van der Waals surface area (Å²) in [5, 5.41) is 2.32. The molecule has 11 heteroatoms. The van der Waals surface area contributed by atoms with E-state index in [1.165, 1.54) is 6.07 Å². The van der Waals surface area contributed by atoms with Crippen LogP contribution in [-0.4, -0.2) is 62.3 Å². The minimum atomic E-state index is -3.80. The number of thiazole rings is 1. The molecule has 0 aliphatic carbocycles. The largest absolute Gasteiger partial charge is 0.340 e. The van der Waals surface area contributed by atoms with Gasteiger partial charge in [0, 0.05) is 36.6 Å². The number of piperazine rings is 1. The second-order valence-electron chi connectivity index (χ2n) is 6.47. The van der Waals surface area contributed by atoms with E-state index in [1.807, 2.05) is 11.9 Å². The number of nitrogens with one attached hydrogen (secondary N) is 1. The van der Waals surface area contributed by atoms with Gasteiger partial charge in [0.1, 0.15) is 0 Å². The number of amides is 1. The van der Waals surface area contributed by atoms with Gasteiger partial charge >= 0.3 is 0 Å². The van der Waals surface area contributed by atoms with Crippen LogP contribution in [-0.2, 0) is 21.2 Å². The average Bonchev–Trinajstić information content (AvgIpc) is 3.03. The standard InChI is InChI=1S/C17H21ClN4O3S2.ClH/c1-12-14(18)4-3-5-15(12)27(24,25)20-17-19-13(11-26-17)10-16(23)22-8-6-21(2)7-9-22;/h3-5,11H,6-10H2,1-2H3,(H,19,20);1H. The molecule has 1 saturated heterocycles. The molecule has 1 aromatic heterocycles. The first-order valence-corrected chi connectivity index (χ1v) is 11.2. The molecule has 0 unspecified atom stereocenters. The number of sulfonamides is 1. The summed E-state index contributed by atoms with van der Waals surface area (Å²) in [6.45, 7) is 4.76. The highest BCUT2D eigenvalue weighted by Crippen LogP contribution is 2.26. The maximum Gasteiger partial charge on any atom is 0.263 e. The highest BCUT2D eigenvalue weighted by molar-refractivity contribution is 7.93. The zero-order valence-electron chi connectivity index (χ0n) is 15.5. The summed E-state index contributed by atoms with van der Waals surface area (Å²) in [5.74, 6) is 0.00786. The number of rotatable bonds is 5. The Morgan fingerprint density at radius 2 is 1.96 bits per heavy atom. The Morgan fingerprint density at radius 3 is 2.64 bits per heavy atom. The zero-order chi connectivity index (χ0) is 19.6. The van der Waals surface area contributed by atoms with Crippen molar-refractivity contribution >= 4 is 56.4 Å². The lowest BCUT2D eigenvalue weighted by atomic mass is 10.2. The Balaban J connectivity index is 0.00000280. The second-order valence-corrected chi connectivity index (χ2v) is 9.39. The number of carbonyl (C=O) groups is 1. The molecule has 0 bridgehead atoms. The number of aromatic nitrogens is 1. The maximum atomic E-state index is 12.6. The van der Waals surface area contributed by atoms with Crippen LogP contribution < -0.4 is 4.72 Å². The van der Waals surface area contributed by atoms with Crippen LogP contribution in [0, 0.1) is 6.92 Å². The minimum absolute atomic E-state index is 0. The van der Waals surface area contributed by atoms with Crippen LogP contribution in [0.15, 0.2) is 28.5 Å². The Labute approximate surface area is 180 Å². The summed E-state index contributed by atoms with van der Waals surface area (Å²) in [5.41, 5.74) is 1.04. The molecule has 2 aromatic rings. The van der Waals surface area contributed by atoms with E-state index in [0.29, 0.717) is 29.4 Å². The number of benzene rings is 1. The van der Waals surface area contributed by atoms with Gasteiger partial charge in [-0.25, -0.2) is 13.4 Å². The first-order valence-electron chi connectivity index (χ1n) is 8.45. The van der Waals surface area contributed by atoms with Gasteiger partial charge in [0.25, 0.3) is 10.0 Å². The smallest absolute Gasteiger partial charge is 0.263 e. The summed E-state index contributed by atoms with van der Waals surface area (Å²) >= 11 is 7.17. The molecule has 2 heterocycles. The van der Waals surface area contributed by atoms with E-state index in [0.717, 1.165) is 24.4 Å². The highest BCUT2D eigenvalue weighted by Gasteiger charge is 2.22. The normalized spacial score (nSPS) is 15.2. The second kappa shape index (κ2) is 9.41. The van der Waals surface area contributed by atoms with Crippen LogP contribution in [0.4, 0.5) is 5.13 Å². The van der Waals surface area contributed by atoms with Gasteiger partial charge < -0.3 is 9.80 Å². The third kappa shape index (κ3) is 5.36. The van der Waals surface area contributed by atoms with E-state index in [9.17, 15) is 13.2 Å². The molecule has 0 spiro atoms. The number of hydrogen-bond donors (Lipinski definition) is 1. The van der Waals surface area contributed by atoms with Gasteiger partial charge in [0.15, 0.2) is 5.13 Å². The molecule has 1 aliphatic heterocycles. The molecule has 154 valence electrons. The van der Waals surface area contributed by atoms with E-state index in [4.69, 9.17) is 11.6 Å². The molecule has 1 amide bonds. The van der Waals surface area contributed by atoms with Gasteiger partial charge in [-0.05, 0) is 31.7 Å². The lowest BCUT2D eigenvalue weighted by molar-refractivity contribution is -0.132. The van der Waals surface area contributed by atoms with Gasteiger partial charge in [-0.2, -0.15) is 0 Å². The Bertz CT molecular complexity index is 942. The van der Waals surface area contributed by atoms with Crippen LogP contribution in [0.2, 0.25) is 5.02 Å². The third-order valence-electron chi connectivity index (χ3n) is 4.47. The quantitative estimate of drug-likeness (QED) is 0.734. The number of anilines is 1. The molecule has 1 N–H and O–H groups in total. The molecular weight excluding hydrogens is 443 g/mol. The van der Waals surface area contributed by atoms with Gasteiger partial charge in [0.05, 0.1) is 17.0 Å². The van der Waals surface area contributed by atoms with Crippen LogP contribution in [0.5, 0.6) is 0 Å². The van der Waals surface area contributed by atoms with Crippen LogP contribution >= 0.6 is 35.3 Å². The van der Waals surface area contributed by atoms with Crippen molar-refractivity contribution in [3.8, 4) is 0 Å². The lowest BCUT2D eigenvalue weighted by Crippen LogP contribution is -2.47. The van der Waals surface area contributed by atoms with E-state index in [2.05, 4.69) is 14.6 Å². The number of likely N-dealkylation sites (N-methyl/N-ethyl adjacent to an activating group) is 1. The van der Waals surface area contributed by atoms with E-state index >= 15 is 0 Å². The maximum absolute atomic E-state index is 12.6. The molecule has 0 radical (unpaired) electrons. The van der Waals surface area contributed by atoms with E-state index < -0.39 is 10.0 Å². The molecule has 1 aromatic carbocycles. The van der Waals surface area contributed by atoms with Crippen molar-refractivity contribution in [3.63, 3.8) is 0 Å². The fraction of sp³-hybridized carbons (Fsp3) is 0.412. The van der Waals surface area contributed by atoms with E-state index in [1.54, 1.807) is 24.4 Å². The summed E-state index contributed by atoms with van der Waals surface area (Å²) in [6, 6.07) is 4.72. The van der Waals surface area contributed by atoms with Crippen molar-refractivity contribution in [2.24, 2.45) is 0 Å². The monoisotopic (exact) mass is 464 g/mol. The molecule has 0 saturated carbocycles. The van der Waals surface area contributed by atoms with Crippen molar-refractivity contribution < 1.29 is 13.2 Å². The van der Waals surface area contributed by atoms with Crippen molar-refractivity contribution in [1.82, 2.24) is 14.8 Å². The molecule has 0 atom stereocenters. The van der Waals surface area contributed by atoms with Gasteiger partial charge in [-0.3, -0.25) is 9.52 Å². The molecule has 1 fully saturated rings. The number of nitrogens with zero attached hydrogens (tertiary/aromatic N) is 3. The van der Waals surface area contributed by atoms with Crippen LogP contribution in [0.1, 0.15) is 11.3 Å². The van der Waals surface area contributed by atoms with Crippen molar-refractivity contribution in [2.75, 3.05) is 37.9 Å². The highest BCUT2D eigenvalue weighted by atomic mass is 35.5. The fourth-order valence-corrected chi connectivity index (χ4v) is 5.27. The number of halogens is 2. The predicted octanol–water partition coefficient (Wildman–Crippen LogP) is 2.64. The van der Waals surface area contributed by atoms with Gasteiger partial charge in [0.2, 0.25) is 5.91 Å². The number of carbonyl (C=O) groups excluding carboxylic acids is 1. The Morgan fingerprint density at radius 1 is 1.29 bits per heavy atom. The first-order chi connectivity index (χ1) is 12.8.